The second kappa shape index (κ2) is 6.79. The zero-order chi connectivity index (χ0) is 14.5. The van der Waals surface area contributed by atoms with Crippen molar-refractivity contribution in [2.24, 2.45) is 5.92 Å². The van der Waals surface area contributed by atoms with Gasteiger partial charge in [0.2, 0.25) is 5.91 Å². The molecule has 1 aliphatic rings. The lowest BCUT2D eigenvalue weighted by Gasteiger charge is -2.12. The van der Waals surface area contributed by atoms with Gasteiger partial charge < -0.3 is 10.4 Å². The number of benzene rings is 1. The van der Waals surface area contributed by atoms with Crippen LogP contribution < -0.4 is 5.32 Å². The van der Waals surface area contributed by atoms with Crippen LogP contribution in [0.15, 0.2) is 29.2 Å². The maximum atomic E-state index is 11.9. The van der Waals surface area contributed by atoms with Crippen molar-refractivity contribution in [1.82, 2.24) is 5.32 Å². The third kappa shape index (κ3) is 4.00. The second-order valence-electron chi connectivity index (χ2n) is 5.17. The third-order valence-electron chi connectivity index (χ3n) is 3.60. The molecule has 1 saturated carbocycles. The summed E-state index contributed by atoms with van der Waals surface area (Å²) in [6, 6.07) is 7.98. The van der Waals surface area contributed by atoms with Gasteiger partial charge in [0.05, 0.1) is 11.7 Å². The van der Waals surface area contributed by atoms with E-state index in [-0.39, 0.29) is 17.9 Å². The van der Waals surface area contributed by atoms with Gasteiger partial charge in [-0.05, 0) is 37.8 Å². The van der Waals surface area contributed by atoms with Gasteiger partial charge in [-0.3, -0.25) is 9.59 Å². The van der Waals surface area contributed by atoms with Crippen LogP contribution >= 0.6 is 11.8 Å². The van der Waals surface area contributed by atoms with Crippen molar-refractivity contribution in [2.45, 2.75) is 37.1 Å². The van der Waals surface area contributed by atoms with E-state index in [1.807, 2.05) is 31.2 Å². The number of carbonyl (C=O) groups excluding carboxylic acids is 1. The number of carboxylic acids is 1. The Kier molecular flexibility index (Phi) is 5.06. The number of thioether (sulfide) groups is 1. The van der Waals surface area contributed by atoms with Gasteiger partial charge in [-0.2, -0.15) is 0 Å². The van der Waals surface area contributed by atoms with Crippen molar-refractivity contribution in [2.75, 3.05) is 5.75 Å². The van der Waals surface area contributed by atoms with Gasteiger partial charge in [0.15, 0.2) is 0 Å². The lowest BCUT2D eigenvalue weighted by molar-refractivity contribution is -0.141. The third-order valence-corrected chi connectivity index (χ3v) is 4.77. The number of carboxylic acid groups (broad SMARTS) is 1. The predicted molar refractivity (Wildman–Crippen MR) is 78.8 cm³/mol. The molecule has 5 heteroatoms. The molecule has 0 bridgehead atoms. The summed E-state index contributed by atoms with van der Waals surface area (Å²) >= 11 is 1.52. The summed E-state index contributed by atoms with van der Waals surface area (Å²) in [6.07, 6.45) is 1.97. The van der Waals surface area contributed by atoms with E-state index in [1.165, 1.54) is 11.8 Å². The van der Waals surface area contributed by atoms with Crippen molar-refractivity contribution in [3.05, 3.63) is 29.8 Å². The van der Waals surface area contributed by atoms with Gasteiger partial charge in [0, 0.05) is 10.9 Å². The molecule has 4 nitrogen and oxygen atoms in total. The number of aryl methyl sites for hydroxylation is 1. The summed E-state index contributed by atoms with van der Waals surface area (Å²) in [4.78, 5) is 23.9. The number of carbonyl (C=O) groups is 2. The molecule has 0 aliphatic heterocycles. The molecule has 20 heavy (non-hydrogen) atoms. The van der Waals surface area contributed by atoms with Gasteiger partial charge in [0.25, 0.3) is 0 Å². The molecule has 1 fully saturated rings. The van der Waals surface area contributed by atoms with Crippen LogP contribution in [0.25, 0.3) is 0 Å². The van der Waals surface area contributed by atoms with Crippen molar-refractivity contribution in [1.29, 1.82) is 0 Å². The van der Waals surface area contributed by atoms with E-state index in [0.717, 1.165) is 16.9 Å². The molecule has 0 saturated heterocycles. The fourth-order valence-corrected chi connectivity index (χ4v) is 3.31. The molecular formula is C15H19NO3S. The highest BCUT2D eigenvalue weighted by Gasteiger charge is 2.30. The van der Waals surface area contributed by atoms with Gasteiger partial charge in [-0.15, -0.1) is 11.8 Å². The van der Waals surface area contributed by atoms with Crippen molar-refractivity contribution in [3.8, 4) is 0 Å². The average Bonchev–Trinajstić information content (AvgIpc) is 2.86. The Morgan fingerprint density at radius 1 is 1.35 bits per heavy atom. The fourth-order valence-electron chi connectivity index (χ4n) is 2.47. The van der Waals surface area contributed by atoms with E-state index in [4.69, 9.17) is 5.11 Å². The molecule has 1 aromatic rings. The van der Waals surface area contributed by atoms with Crippen molar-refractivity contribution in [3.63, 3.8) is 0 Å². The molecule has 1 aromatic carbocycles. The molecule has 0 spiro atoms. The number of nitrogens with one attached hydrogen (secondary N) is 1. The van der Waals surface area contributed by atoms with Gasteiger partial charge in [-0.1, -0.05) is 18.2 Å². The highest BCUT2D eigenvalue weighted by atomic mass is 32.2. The number of hydrogen-bond acceptors (Lipinski definition) is 3. The highest BCUT2D eigenvalue weighted by Crippen LogP contribution is 2.26. The average molecular weight is 293 g/mol. The SMILES string of the molecule is Cc1ccccc1SCC(=O)N[C@@H]1CC[C@H](C(=O)O)C1. The summed E-state index contributed by atoms with van der Waals surface area (Å²) in [5.41, 5.74) is 1.16. The maximum Gasteiger partial charge on any atom is 0.306 e. The quantitative estimate of drug-likeness (QED) is 0.818. The van der Waals surface area contributed by atoms with Crippen LogP contribution in [0.1, 0.15) is 24.8 Å². The molecule has 2 N–H and O–H groups in total. The van der Waals surface area contributed by atoms with Crippen LogP contribution in [0.4, 0.5) is 0 Å². The van der Waals surface area contributed by atoms with Crippen LogP contribution in [-0.2, 0) is 9.59 Å². The van der Waals surface area contributed by atoms with E-state index < -0.39 is 5.97 Å². The first-order valence-corrected chi connectivity index (χ1v) is 7.75. The lowest BCUT2D eigenvalue weighted by atomic mass is 10.1. The topological polar surface area (TPSA) is 66.4 Å². The number of amides is 1. The van der Waals surface area contributed by atoms with E-state index in [9.17, 15) is 9.59 Å². The smallest absolute Gasteiger partial charge is 0.306 e. The Morgan fingerprint density at radius 2 is 2.10 bits per heavy atom. The zero-order valence-corrected chi connectivity index (χ0v) is 12.3. The van der Waals surface area contributed by atoms with Gasteiger partial charge in [-0.25, -0.2) is 0 Å². The van der Waals surface area contributed by atoms with Crippen LogP contribution in [-0.4, -0.2) is 28.8 Å². The number of rotatable bonds is 5. The van der Waals surface area contributed by atoms with E-state index >= 15 is 0 Å². The number of hydrogen-bond donors (Lipinski definition) is 2. The van der Waals surface area contributed by atoms with Crippen LogP contribution in [0, 0.1) is 12.8 Å². The van der Waals surface area contributed by atoms with Crippen molar-refractivity contribution >= 4 is 23.6 Å². The van der Waals surface area contributed by atoms with Gasteiger partial charge in [0.1, 0.15) is 0 Å². The fraction of sp³-hybridized carbons (Fsp3) is 0.467. The Morgan fingerprint density at radius 3 is 2.75 bits per heavy atom. The molecule has 108 valence electrons. The monoisotopic (exact) mass is 293 g/mol. The van der Waals surface area contributed by atoms with Crippen LogP contribution in [0.3, 0.4) is 0 Å². The Balaban J connectivity index is 1.77. The molecule has 0 aromatic heterocycles. The largest absolute Gasteiger partial charge is 0.481 e. The maximum absolute atomic E-state index is 11.9. The summed E-state index contributed by atoms with van der Waals surface area (Å²) in [6.45, 7) is 2.02. The first-order chi connectivity index (χ1) is 9.56. The van der Waals surface area contributed by atoms with Crippen molar-refractivity contribution < 1.29 is 14.7 Å². The Labute approximate surface area is 123 Å². The normalized spacial score (nSPS) is 21.6. The van der Waals surface area contributed by atoms with Crippen LogP contribution in [0.5, 0.6) is 0 Å². The summed E-state index contributed by atoms with van der Waals surface area (Å²) in [5, 5.41) is 11.9. The highest BCUT2D eigenvalue weighted by molar-refractivity contribution is 8.00. The second-order valence-corrected chi connectivity index (χ2v) is 6.18. The molecule has 1 amide bonds. The minimum Gasteiger partial charge on any atom is -0.481 e. The Bertz CT molecular complexity index is 504. The molecular weight excluding hydrogens is 274 g/mol. The lowest BCUT2D eigenvalue weighted by Crippen LogP contribution is -2.34. The molecule has 0 radical (unpaired) electrons. The van der Waals surface area contributed by atoms with E-state index in [0.29, 0.717) is 18.6 Å². The molecule has 0 unspecified atom stereocenters. The van der Waals surface area contributed by atoms with Crippen LogP contribution in [0.2, 0.25) is 0 Å². The molecule has 1 aliphatic carbocycles. The van der Waals surface area contributed by atoms with E-state index in [2.05, 4.69) is 5.32 Å². The first-order valence-electron chi connectivity index (χ1n) is 6.77. The Hall–Kier alpha value is -1.49. The van der Waals surface area contributed by atoms with E-state index in [1.54, 1.807) is 0 Å². The first kappa shape index (κ1) is 14.9. The zero-order valence-electron chi connectivity index (χ0n) is 11.5. The summed E-state index contributed by atoms with van der Waals surface area (Å²) < 4.78 is 0. The predicted octanol–water partition coefficient (Wildman–Crippen LogP) is 2.46. The molecule has 0 heterocycles. The van der Waals surface area contributed by atoms with Gasteiger partial charge >= 0.3 is 5.97 Å². The summed E-state index contributed by atoms with van der Waals surface area (Å²) in [5.74, 6) is -0.700. The standard InChI is InChI=1S/C15H19NO3S/c1-10-4-2-3-5-13(10)20-9-14(17)16-12-7-6-11(8-12)15(18)19/h2-5,11-12H,6-9H2,1H3,(H,16,17)(H,18,19)/t11-,12+/m0/s1. The number of aliphatic carboxylic acids is 1. The molecule has 2 rings (SSSR count). The minimum absolute atomic E-state index is 0.0149. The minimum atomic E-state index is -0.754. The summed E-state index contributed by atoms with van der Waals surface area (Å²) in [7, 11) is 0. The molecule has 2 atom stereocenters.